The fourth-order valence-electron chi connectivity index (χ4n) is 5.61. The highest BCUT2D eigenvalue weighted by Gasteiger charge is 2.42. The standard InChI is InChI=1S/C30H41N3O4/c1-22(2)19-25-21-37-26-11-7-6-10-23(26)9-5-4-8-14-30(29(35)32-25)15-17-33(18-16-30)28(34)24-12-13-27(36-3)31-20-24/h6-7,10-13,20,22,25H,4-5,8-9,14-19,21H2,1-3H3,(H,32,35)/t25-/m0/s1. The summed E-state index contributed by atoms with van der Waals surface area (Å²) in [5, 5.41) is 3.38. The zero-order chi connectivity index (χ0) is 26.3. The van der Waals surface area contributed by atoms with Gasteiger partial charge in [-0.05, 0) is 62.1 Å². The molecule has 0 aliphatic carbocycles. The number of rotatable bonds is 4. The second-order valence-corrected chi connectivity index (χ2v) is 10.9. The van der Waals surface area contributed by atoms with Crippen molar-refractivity contribution in [3.8, 4) is 11.6 Å². The zero-order valence-corrected chi connectivity index (χ0v) is 22.5. The molecule has 2 aliphatic heterocycles. The van der Waals surface area contributed by atoms with E-state index in [-0.39, 0.29) is 17.9 Å². The van der Waals surface area contributed by atoms with Gasteiger partial charge in [0.1, 0.15) is 12.4 Å². The van der Waals surface area contributed by atoms with Crippen LogP contribution in [0.4, 0.5) is 0 Å². The smallest absolute Gasteiger partial charge is 0.255 e. The Balaban J connectivity index is 1.47. The normalized spacial score (nSPS) is 20.6. The topological polar surface area (TPSA) is 80.8 Å². The lowest BCUT2D eigenvalue weighted by Gasteiger charge is -2.41. The number of nitrogens with zero attached hydrogens (tertiary/aromatic N) is 2. The molecule has 1 N–H and O–H groups in total. The minimum Gasteiger partial charge on any atom is -0.491 e. The lowest BCUT2D eigenvalue weighted by Crippen LogP contribution is -2.53. The van der Waals surface area contributed by atoms with Gasteiger partial charge < -0.3 is 19.7 Å². The van der Waals surface area contributed by atoms with Crippen LogP contribution in [0.3, 0.4) is 0 Å². The maximum absolute atomic E-state index is 13.9. The fourth-order valence-corrected chi connectivity index (χ4v) is 5.61. The quantitative estimate of drug-likeness (QED) is 0.627. The van der Waals surface area contributed by atoms with Crippen LogP contribution in [0.1, 0.15) is 74.7 Å². The van der Waals surface area contributed by atoms with Gasteiger partial charge in [0.25, 0.3) is 5.91 Å². The molecule has 1 aromatic carbocycles. The minimum atomic E-state index is -0.453. The summed E-state index contributed by atoms with van der Waals surface area (Å²) in [5.74, 6) is 1.93. The van der Waals surface area contributed by atoms with Gasteiger partial charge in [-0.2, -0.15) is 0 Å². The molecule has 1 atom stereocenters. The van der Waals surface area contributed by atoms with Crippen LogP contribution in [0.2, 0.25) is 0 Å². The van der Waals surface area contributed by atoms with Gasteiger partial charge in [-0.3, -0.25) is 9.59 Å². The first-order valence-corrected chi connectivity index (χ1v) is 13.7. The number of likely N-dealkylation sites (tertiary alicyclic amines) is 1. The number of pyridine rings is 1. The van der Waals surface area contributed by atoms with Crippen LogP contribution in [0.25, 0.3) is 0 Å². The molecule has 7 nitrogen and oxygen atoms in total. The van der Waals surface area contributed by atoms with Gasteiger partial charge in [0.2, 0.25) is 11.8 Å². The number of methoxy groups -OCH3 is 1. The molecule has 2 aromatic rings. The number of fused-ring (bicyclic) bond motifs is 1. The Morgan fingerprint density at radius 1 is 1.14 bits per heavy atom. The van der Waals surface area contributed by atoms with Crippen LogP contribution >= 0.6 is 0 Å². The van der Waals surface area contributed by atoms with Gasteiger partial charge in [-0.15, -0.1) is 0 Å². The number of nitrogens with one attached hydrogen (secondary N) is 1. The molecule has 1 aromatic heterocycles. The molecular formula is C30H41N3O4. The number of benzene rings is 1. The number of piperidine rings is 1. The van der Waals surface area contributed by atoms with Crippen molar-refractivity contribution in [2.75, 3.05) is 26.8 Å². The van der Waals surface area contributed by atoms with E-state index in [0.717, 1.165) is 44.3 Å². The largest absolute Gasteiger partial charge is 0.491 e. The highest BCUT2D eigenvalue weighted by atomic mass is 16.5. The predicted octanol–water partition coefficient (Wildman–Crippen LogP) is 5.04. The summed E-state index contributed by atoms with van der Waals surface area (Å²) in [6, 6.07) is 11.7. The van der Waals surface area contributed by atoms with E-state index in [1.165, 1.54) is 5.56 Å². The molecule has 4 rings (SSSR count). The number of amides is 2. The van der Waals surface area contributed by atoms with Gasteiger partial charge in [0.15, 0.2) is 0 Å². The molecule has 0 bridgehead atoms. The maximum atomic E-state index is 13.9. The average Bonchev–Trinajstić information content (AvgIpc) is 2.92. The van der Waals surface area contributed by atoms with E-state index in [1.807, 2.05) is 17.0 Å². The third-order valence-electron chi connectivity index (χ3n) is 7.79. The summed E-state index contributed by atoms with van der Waals surface area (Å²) in [5.41, 5.74) is 1.33. The second-order valence-electron chi connectivity index (χ2n) is 10.9. The average molecular weight is 508 g/mol. The highest BCUT2D eigenvalue weighted by Crippen LogP contribution is 2.38. The van der Waals surface area contributed by atoms with E-state index in [9.17, 15) is 9.59 Å². The Kier molecular flexibility index (Phi) is 9.06. The molecular weight excluding hydrogens is 466 g/mol. The Hall–Kier alpha value is -3.09. The number of aromatic nitrogens is 1. The molecule has 3 heterocycles. The minimum absolute atomic E-state index is 0.0427. The second kappa shape index (κ2) is 12.4. The molecule has 1 fully saturated rings. The summed E-state index contributed by atoms with van der Waals surface area (Å²) in [4.78, 5) is 33.0. The van der Waals surface area contributed by atoms with Gasteiger partial charge in [-0.1, -0.05) is 44.9 Å². The molecule has 2 amide bonds. The van der Waals surface area contributed by atoms with E-state index >= 15 is 0 Å². The number of hydrogen-bond donors (Lipinski definition) is 1. The van der Waals surface area contributed by atoms with E-state index in [4.69, 9.17) is 9.47 Å². The van der Waals surface area contributed by atoms with Crippen LogP contribution in [0.5, 0.6) is 11.6 Å². The SMILES string of the molecule is COc1ccc(C(=O)N2CCC3(CCCCCc4ccccc4OC[C@H](CC(C)C)NC3=O)CC2)cn1. The molecule has 7 heteroatoms. The van der Waals surface area contributed by atoms with Gasteiger partial charge in [0.05, 0.1) is 24.1 Å². The van der Waals surface area contributed by atoms with Gasteiger partial charge in [-0.25, -0.2) is 4.98 Å². The van der Waals surface area contributed by atoms with E-state index in [2.05, 4.69) is 36.3 Å². The van der Waals surface area contributed by atoms with Crippen molar-refractivity contribution in [2.45, 2.75) is 71.3 Å². The fraction of sp³-hybridized carbons (Fsp3) is 0.567. The summed E-state index contributed by atoms with van der Waals surface area (Å²) < 4.78 is 11.4. The maximum Gasteiger partial charge on any atom is 0.255 e. The van der Waals surface area contributed by atoms with Crippen LogP contribution in [0.15, 0.2) is 42.6 Å². The van der Waals surface area contributed by atoms with Gasteiger partial charge >= 0.3 is 0 Å². The third-order valence-corrected chi connectivity index (χ3v) is 7.79. The lowest BCUT2D eigenvalue weighted by atomic mass is 9.73. The number of aryl methyl sites for hydroxylation is 1. The van der Waals surface area contributed by atoms with Crippen LogP contribution in [0, 0.1) is 11.3 Å². The van der Waals surface area contributed by atoms with Crippen LogP contribution < -0.4 is 14.8 Å². The Morgan fingerprint density at radius 3 is 2.62 bits per heavy atom. The van der Waals surface area contributed by atoms with E-state index in [0.29, 0.717) is 49.9 Å². The number of hydrogen-bond acceptors (Lipinski definition) is 5. The number of carbonyl (C=O) groups excluding carboxylic acids is 2. The summed E-state index contributed by atoms with van der Waals surface area (Å²) >= 11 is 0. The van der Waals surface area contributed by atoms with Crippen LogP contribution in [-0.2, 0) is 11.2 Å². The molecule has 200 valence electrons. The predicted molar refractivity (Wildman–Crippen MR) is 144 cm³/mol. The molecule has 0 radical (unpaired) electrons. The number of ether oxygens (including phenoxy) is 2. The van der Waals surface area contributed by atoms with Crippen molar-refractivity contribution in [2.24, 2.45) is 11.3 Å². The first-order valence-electron chi connectivity index (χ1n) is 13.7. The first kappa shape index (κ1) is 27.0. The molecule has 2 aliphatic rings. The van der Waals surface area contributed by atoms with Crippen molar-refractivity contribution < 1.29 is 19.1 Å². The molecule has 37 heavy (non-hydrogen) atoms. The lowest BCUT2D eigenvalue weighted by molar-refractivity contribution is -0.135. The summed E-state index contributed by atoms with van der Waals surface area (Å²) in [7, 11) is 1.56. The van der Waals surface area contributed by atoms with Crippen molar-refractivity contribution in [1.29, 1.82) is 0 Å². The van der Waals surface area contributed by atoms with Crippen molar-refractivity contribution in [3.63, 3.8) is 0 Å². The molecule has 0 unspecified atom stereocenters. The van der Waals surface area contributed by atoms with E-state index < -0.39 is 5.41 Å². The van der Waals surface area contributed by atoms with E-state index in [1.54, 1.807) is 25.4 Å². The van der Waals surface area contributed by atoms with Gasteiger partial charge in [0, 0.05) is 25.4 Å². The monoisotopic (exact) mass is 507 g/mol. The Labute approximate surface area is 220 Å². The van der Waals surface area contributed by atoms with Crippen molar-refractivity contribution >= 4 is 11.8 Å². The number of carbonyl (C=O) groups is 2. The Morgan fingerprint density at radius 2 is 1.92 bits per heavy atom. The molecule has 1 saturated heterocycles. The first-order chi connectivity index (χ1) is 17.9. The summed E-state index contributed by atoms with van der Waals surface area (Å²) in [6.45, 7) is 5.94. The molecule has 0 saturated carbocycles. The third kappa shape index (κ3) is 6.82. The Bertz CT molecular complexity index is 1050. The van der Waals surface area contributed by atoms with Crippen molar-refractivity contribution in [3.05, 3.63) is 53.7 Å². The number of para-hydroxylation sites is 1. The molecule has 1 spiro atoms. The zero-order valence-electron chi connectivity index (χ0n) is 22.5. The van der Waals surface area contributed by atoms with Crippen LogP contribution in [-0.4, -0.2) is 54.5 Å². The highest BCUT2D eigenvalue weighted by molar-refractivity contribution is 5.94. The van der Waals surface area contributed by atoms with Crippen molar-refractivity contribution in [1.82, 2.24) is 15.2 Å². The summed E-state index contributed by atoms with van der Waals surface area (Å²) in [6.07, 6.45) is 8.74.